The molecule has 0 spiro atoms. The molecule has 0 aromatic heterocycles. The lowest BCUT2D eigenvalue weighted by atomic mass is 9.63. The summed E-state index contributed by atoms with van der Waals surface area (Å²) in [5.41, 5.74) is 13.0. The van der Waals surface area contributed by atoms with E-state index < -0.39 is 0 Å². The van der Waals surface area contributed by atoms with Gasteiger partial charge >= 0.3 is 0 Å². The van der Waals surface area contributed by atoms with Crippen molar-refractivity contribution in [1.29, 1.82) is 0 Å². The molecule has 0 saturated carbocycles. The molecular weight excluding hydrogens is 172 g/mol. The van der Waals surface area contributed by atoms with Crippen molar-refractivity contribution in [3.05, 3.63) is 23.8 Å². The van der Waals surface area contributed by atoms with Crippen molar-refractivity contribution in [3.8, 4) is 0 Å². The molecule has 1 atom stereocenters. The summed E-state index contributed by atoms with van der Waals surface area (Å²) in [6, 6.07) is 0. The van der Waals surface area contributed by atoms with Crippen molar-refractivity contribution < 1.29 is 0 Å². The first-order valence-electron chi connectivity index (χ1n) is 5.23. The van der Waals surface area contributed by atoms with Gasteiger partial charge in [0, 0.05) is 18.5 Å². The molecule has 0 amide bonds. The Morgan fingerprint density at radius 3 is 2.29 bits per heavy atom. The number of allylic oxidation sites excluding steroid dienone is 1. The summed E-state index contributed by atoms with van der Waals surface area (Å²) in [5.74, 6) is 0. The lowest BCUT2D eigenvalue weighted by molar-refractivity contribution is 0.155. The molecule has 1 unspecified atom stereocenters. The van der Waals surface area contributed by atoms with Crippen LogP contribution in [-0.4, -0.2) is 13.1 Å². The van der Waals surface area contributed by atoms with E-state index in [4.69, 9.17) is 11.5 Å². The van der Waals surface area contributed by atoms with Crippen molar-refractivity contribution in [1.82, 2.24) is 0 Å². The van der Waals surface area contributed by atoms with Gasteiger partial charge in [0.2, 0.25) is 0 Å². The van der Waals surface area contributed by atoms with Crippen LogP contribution in [0.3, 0.4) is 0 Å². The number of nitrogens with two attached hydrogens (primary N) is 2. The van der Waals surface area contributed by atoms with Gasteiger partial charge in [0.05, 0.1) is 0 Å². The van der Waals surface area contributed by atoms with Crippen molar-refractivity contribution in [2.75, 3.05) is 13.1 Å². The summed E-state index contributed by atoms with van der Waals surface area (Å²) in [5, 5.41) is 0. The predicted octanol–water partition coefficient (Wildman–Crippen LogP) is 1.82. The van der Waals surface area contributed by atoms with E-state index in [0.717, 1.165) is 6.42 Å². The third-order valence-corrected chi connectivity index (χ3v) is 3.44. The Bertz CT molecular complexity index is 258. The molecule has 2 heteroatoms. The fourth-order valence-corrected chi connectivity index (χ4v) is 1.88. The Kier molecular flexibility index (Phi) is 3.17. The minimum Gasteiger partial charge on any atom is -0.330 e. The van der Waals surface area contributed by atoms with E-state index in [1.54, 1.807) is 0 Å². The van der Waals surface area contributed by atoms with E-state index in [1.807, 2.05) is 0 Å². The summed E-state index contributed by atoms with van der Waals surface area (Å²) in [7, 11) is 0. The van der Waals surface area contributed by atoms with Crippen LogP contribution in [0.1, 0.15) is 27.2 Å². The van der Waals surface area contributed by atoms with Crippen molar-refractivity contribution >= 4 is 0 Å². The van der Waals surface area contributed by atoms with Gasteiger partial charge in [0.15, 0.2) is 0 Å². The first-order chi connectivity index (χ1) is 6.45. The maximum absolute atomic E-state index is 5.90. The molecule has 1 rings (SSSR count). The smallest absolute Gasteiger partial charge is 0.0174 e. The zero-order chi connectivity index (χ0) is 10.8. The summed E-state index contributed by atoms with van der Waals surface area (Å²) < 4.78 is 0. The van der Waals surface area contributed by atoms with E-state index in [-0.39, 0.29) is 10.8 Å². The molecule has 14 heavy (non-hydrogen) atoms. The van der Waals surface area contributed by atoms with Crippen LogP contribution in [0.25, 0.3) is 0 Å². The fourth-order valence-electron chi connectivity index (χ4n) is 1.88. The molecule has 0 heterocycles. The molecule has 80 valence electrons. The van der Waals surface area contributed by atoms with Crippen molar-refractivity contribution in [3.63, 3.8) is 0 Å². The predicted molar refractivity (Wildman–Crippen MR) is 61.8 cm³/mol. The minimum absolute atomic E-state index is 0.103. The summed E-state index contributed by atoms with van der Waals surface area (Å²) in [6.07, 6.45) is 7.60. The lowest BCUT2D eigenvalue weighted by Gasteiger charge is -2.43. The Morgan fingerprint density at radius 2 is 2.00 bits per heavy atom. The fraction of sp³-hybridized carbons (Fsp3) is 0.667. The second-order valence-corrected chi connectivity index (χ2v) is 5.13. The van der Waals surface area contributed by atoms with Crippen LogP contribution in [0.4, 0.5) is 0 Å². The molecule has 1 aliphatic rings. The maximum Gasteiger partial charge on any atom is 0.0174 e. The Hall–Kier alpha value is -0.600. The van der Waals surface area contributed by atoms with Gasteiger partial charge in [-0.05, 0) is 17.4 Å². The standard InChI is InChI=1S/C12H22N2/c1-11(2,3)12(9-14)6-4-10(8-13)5-7-12/h4-6H,7-9,13-14H2,1-3H3. The lowest BCUT2D eigenvalue weighted by Crippen LogP contribution is -2.41. The van der Waals surface area contributed by atoms with E-state index in [2.05, 4.69) is 39.0 Å². The van der Waals surface area contributed by atoms with Crippen LogP contribution in [-0.2, 0) is 0 Å². The van der Waals surface area contributed by atoms with Crippen LogP contribution in [0.5, 0.6) is 0 Å². The first-order valence-corrected chi connectivity index (χ1v) is 5.23. The monoisotopic (exact) mass is 194 g/mol. The van der Waals surface area contributed by atoms with Crippen LogP contribution in [0.15, 0.2) is 23.8 Å². The van der Waals surface area contributed by atoms with Gasteiger partial charge in [0.1, 0.15) is 0 Å². The van der Waals surface area contributed by atoms with Crippen LogP contribution < -0.4 is 11.5 Å². The Balaban J connectivity index is 2.89. The highest BCUT2D eigenvalue weighted by molar-refractivity contribution is 5.29. The Labute approximate surface area is 87.0 Å². The molecule has 0 aliphatic heterocycles. The molecule has 0 bridgehead atoms. The van der Waals surface area contributed by atoms with Crippen molar-refractivity contribution in [2.24, 2.45) is 22.3 Å². The van der Waals surface area contributed by atoms with Gasteiger partial charge < -0.3 is 11.5 Å². The zero-order valence-electron chi connectivity index (χ0n) is 9.51. The average Bonchev–Trinajstić information content (AvgIpc) is 2.16. The molecule has 0 fully saturated rings. The van der Waals surface area contributed by atoms with Crippen LogP contribution in [0, 0.1) is 10.8 Å². The number of hydrogen-bond acceptors (Lipinski definition) is 2. The quantitative estimate of drug-likeness (QED) is 0.704. The SMILES string of the molecule is CC(C)(C)C1(CN)C=CC(CN)=CC1. The van der Waals surface area contributed by atoms with E-state index >= 15 is 0 Å². The molecule has 1 aliphatic carbocycles. The summed E-state index contributed by atoms with van der Waals surface area (Å²) in [6.45, 7) is 8.05. The second kappa shape index (κ2) is 3.87. The zero-order valence-corrected chi connectivity index (χ0v) is 9.51. The molecule has 4 N–H and O–H groups in total. The van der Waals surface area contributed by atoms with E-state index in [9.17, 15) is 0 Å². The highest BCUT2D eigenvalue weighted by Gasteiger charge is 2.38. The third-order valence-electron chi connectivity index (χ3n) is 3.44. The highest BCUT2D eigenvalue weighted by Crippen LogP contribution is 2.44. The second-order valence-electron chi connectivity index (χ2n) is 5.13. The normalized spacial score (nSPS) is 27.6. The van der Waals surface area contributed by atoms with E-state index in [1.165, 1.54) is 5.57 Å². The van der Waals surface area contributed by atoms with Gasteiger partial charge in [-0.2, -0.15) is 0 Å². The molecule has 2 nitrogen and oxygen atoms in total. The van der Waals surface area contributed by atoms with Gasteiger partial charge in [0.25, 0.3) is 0 Å². The Morgan fingerprint density at radius 1 is 1.36 bits per heavy atom. The van der Waals surface area contributed by atoms with Crippen LogP contribution in [0.2, 0.25) is 0 Å². The molecule has 0 aromatic rings. The van der Waals surface area contributed by atoms with E-state index in [0.29, 0.717) is 13.1 Å². The maximum atomic E-state index is 5.90. The number of rotatable bonds is 2. The van der Waals surface area contributed by atoms with Crippen molar-refractivity contribution in [2.45, 2.75) is 27.2 Å². The van der Waals surface area contributed by atoms with Gasteiger partial charge in [-0.1, -0.05) is 39.0 Å². The molecule has 0 radical (unpaired) electrons. The largest absolute Gasteiger partial charge is 0.330 e. The topological polar surface area (TPSA) is 52.0 Å². The molecular formula is C12H22N2. The molecule has 0 aromatic carbocycles. The first kappa shape index (κ1) is 11.5. The highest BCUT2D eigenvalue weighted by atomic mass is 14.6. The average molecular weight is 194 g/mol. The third kappa shape index (κ3) is 1.91. The van der Waals surface area contributed by atoms with Gasteiger partial charge in [-0.15, -0.1) is 0 Å². The minimum atomic E-state index is 0.103. The summed E-state index contributed by atoms with van der Waals surface area (Å²) in [4.78, 5) is 0. The number of hydrogen-bond donors (Lipinski definition) is 2. The van der Waals surface area contributed by atoms with Gasteiger partial charge in [-0.3, -0.25) is 0 Å². The molecule has 0 saturated heterocycles. The summed E-state index contributed by atoms with van der Waals surface area (Å²) >= 11 is 0. The van der Waals surface area contributed by atoms with Crippen LogP contribution >= 0.6 is 0 Å². The van der Waals surface area contributed by atoms with Gasteiger partial charge in [-0.25, -0.2) is 0 Å².